The number of aromatic nitrogens is 1. The number of benzene rings is 1. The van der Waals surface area contributed by atoms with Crippen molar-refractivity contribution in [3.63, 3.8) is 0 Å². The zero-order valence-electron chi connectivity index (χ0n) is 9.52. The Balaban J connectivity index is 1.92. The molecule has 0 spiro atoms. The molecule has 100 valence electrons. The van der Waals surface area contributed by atoms with Crippen molar-refractivity contribution in [3.05, 3.63) is 34.4 Å². The summed E-state index contributed by atoms with van der Waals surface area (Å²) in [4.78, 5) is 15.7. The molecule has 0 saturated carbocycles. The molecule has 0 fully saturated rings. The van der Waals surface area contributed by atoms with Crippen molar-refractivity contribution in [1.82, 2.24) is 4.98 Å². The Morgan fingerprint density at radius 3 is 2.95 bits per heavy atom. The lowest BCUT2D eigenvalue weighted by Gasteiger charge is -2.06. The monoisotopic (exact) mass is 333 g/mol. The lowest BCUT2D eigenvalue weighted by Crippen LogP contribution is -2.14. The van der Waals surface area contributed by atoms with Crippen LogP contribution in [0.3, 0.4) is 0 Å². The summed E-state index contributed by atoms with van der Waals surface area (Å²) in [6.45, 7) is 0. The summed E-state index contributed by atoms with van der Waals surface area (Å²) in [6.07, 6.45) is 1.64. The minimum absolute atomic E-state index is 0.166. The highest BCUT2D eigenvalue weighted by molar-refractivity contribution is 8.01. The van der Waals surface area contributed by atoms with E-state index in [0.29, 0.717) is 20.9 Å². The molecule has 0 aliphatic rings. The second-order valence-electron chi connectivity index (χ2n) is 3.48. The fraction of sp³-hybridized carbons (Fsp3) is 0.0909. The number of halogens is 2. The Kier molecular flexibility index (Phi) is 4.93. The van der Waals surface area contributed by atoms with Gasteiger partial charge in [0.15, 0.2) is 5.13 Å². The minimum Gasteiger partial charge on any atom is -0.375 e. The number of thiazole rings is 1. The standard InChI is InChI=1S/C11H9Cl2N3OS2/c12-6-1-2-7(13)8(3-6)16-9(17)5-18-10-4-15-11(14)19-10/h1-4H,5H2,(H2,14,15)(H,16,17). The van der Waals surface area contributed by atoms with Gasteiger partial charge in [-0.05, 0) is 18.2 Å². The maximum Gasteiger partial charge on any atom is 0.234 e. The van der Waals surface area contributed by atoms with E-state index in [1.165, 1.54) is 23.1 Å². The van der Waals surface area contributed by atoms with Crippen molar-refractivity contribution in [3.8, 4) is 0 Å². The molecular weight excluding hydrogens is 325 g/mol. The summed E-state index contributed by atoms with van der Waals surface area (Å²) < 4.78 is 0.893. The average molecular weight is 334 g/mol. The molecule has 8 heteroatoms. The molecule has 2 rings (SSSR count). The van der Waals surface area contributed by atoms with E-state index in [4.69, 9.17) is 28.9 Å². The summed E-state index contributed by atoms with van der Waals surface area (Å²) in [5.41, 5.74) is 6.01. The molecule has 0 aliphatic heterocycles. The predicted octanol–water partition coefficient (Wildman–Crippen LogP) is 3.76. The smallest absolute Gasteiger partial charge is 0.234 e. The van der Waals surface area contributed by atoms with Crippen molar-refractivity contribution >= 4 is 63.0 Å². The van der Waals surface area contributed by atoms with Gasteiger partial charge in [0.05, 0.1) is 26.9 Å². The van der Waals surface area contributed by atoms with Crippen LogP contribution < -0.4 is 11.1 Å². The first kappa shape index (κ1) is 14.5. The van der Waals surface area contributed by atoms with E-state index in [9.17, 15) is 4.79 Å². The summed E-state index contributed by atoms with van der Waals surface area (Å²) in [6, 6.07) is 4.90. The first-order valence-corrected chi connectivity index (χ1v) is 7.69. The van der Waals surface area contributed by atoms with Crippen molar-refractivity contribution in [2.45, 2.75) is 4.21 Å². The maximum atomic E-state index is 11.8. The number of thioether (sulfide) groups is 1. The van der Waals surface area contributed by atoms with E-state index in [1.54, 1.807) is 24.4 Å². The van der Waals surface area contributed by atoms with Crippen LogP contribution in [0.2, 0.25) is 10.0 Å². The van der Waals surface area contributed by atoms with Crippen LogP contribution in [-0.2, 0) is 4.79 Å². The number of nitrogens with one attached hydrogen (secondary N) is 1. The van der Waals surface area contributed by atoms with Gasteiger partial charge in [0.25, 0.3) is 0 Å². The second kappa shape index (κ2) is 6.47. The molecule has 0 atom stereocenters. The number of anilines is 2. The van der Waals surface area contributed by atoms with Crippen molar-refractivity contribution in [2.24, 2.45) is 0 Å². The predicted molar refractivity (Wildman–Crippen MR) is 82.3 cm³/mol. The van der Waals surface area contributed by atoms with Crippen LogP contribution in [0, 0.1) is 0 Å². The number of nitrogen functional groups attached to an aromatic ring is 1. The zero-order chi connectivity index (χ0) is 13.8. The van der Waals surface area contributed by atoms with Gasteiger partial charge in [-0.15, -0.1) is 11.8 Å². The highest BCUT2D eigenvalue weighted by atomic mass is 35.5. The van der Waals surface area contributed by atoms with Crippen LogP contribution in [0.25, 0.3) is 0 Å². The number of rotatable bonds is 4. The molecular formula is C11H9Cl2N3OS2. The van der Waals surface area contributed by atoms with Crippen LogP contribution in [0.1, 0.15) is 0 Å². The second-order valence-corrected chi connectivity index (χ2v) is 6.66. The normalized spacial score (nSPS) is 10.4. The molecule has 0 bridgehead atoms. The van der Waals surface area contributed by atoms with E-state index in [1.807, 2.05) is 0 Å². The zero-order valence-corrected chi connectivity index (χ0v) is 12.7. The molecule has 0 saturated heterocycles. The van der Waals surface area contributed by atoms with E-state index >= 15 is 0 Å². The lowest BCUT2D eigenvalue weighted by molar-refractivity contribution is -0.113. The van der Waals surface area contributed by atoms with Gasteiger partial charge in [0.2, 0.25) is 5.91 Å². The molecule has 1 heterocycles. The fourth-order valence-electron chi connectivity index (χ4n) is 1.26. The van der Waals surface area contributed by atoms with E-state index in [2.05, 4.69) is 10.3 Å². The third-order valence-electron chi connectivity index (χ3n) is 2.05. The summed E-state index contributed by atoms with van der Waals surface area (Å²) in [5, 5.41) is 4.16. The highest BCUT2D eigenvalue weighted by Crippen LogP contribution is 2.28. The SMILES string of the molecule is Nc1ncc(SCC(=O)Nc2cc(Cl)ccc2Cl)s1. The molecule has 1 aromatic heterocycles. The summed E-state index contributed by atoms with van der Waals surface area (Å²) in [7, 11) is 0. The quantitative estimate of drug-likeness (QED) is 0.836. The number of amides is 1. The highest BCUT2D eigenvalue weighted by Gasteiger charge is 2.08. The van der Waals surface area contributed by atoms with Crippen LogP contribution in [0.5, 0.6) is 0 Å². The van der Waals surface area contributed by atoms with E-state index < -0.39 is 0 Å². The molecule has 0 aliphatic carbocycles. The molecule has 0 radical (unpaired) electrons. The molecule has 4 nitrogen and oxygen atoms in total. The summed E-state index contributed by atoms with van der Waals surface area (Å²) in [5.74, 6) is 0.0888. The van der Waals surface area contributed by atoms with Gasteiger partial charge in [0, 0.05) is 5.02 Å². The Morgan fingerprint density at radius 1 is 1.47 bits per heavy atom. The number of hydrogen-bond acceptors (Lipinski definition) is 5. The lowest BCUT2D eigenvalue weighted by atomic mass is 10.3. The Bertz CT molecular complexity index is 603. The van der Waals surface area contributed by atoms with Gasteiger partial charge in [-0.2, -0.15) is 0 Å². The van der Waals surface area contributed by atoms with Gasteiger partial charge < -0.3 is 11.1 Å². The number of nitrogens with two attached hydrogens (primary N) is 1. The molecule has 19 heavy (non-hydrogen) atoms. The first-order chi connectivity index (χ1) is 9.04. The topological polar surface area (TPSA) is 68.0 Å². The number of carbonyl (C=O) groups is 1. The van der Waals surface area contributed by atoms with Gasteiger partial charge in [-0.3, -0.25) is 4.79 Å². The van der Waals surface area contributed by atoms with Crippen LogP contribution >= 0.6 is 46.3 Å². The third-order valence-corrected chi connectivity index (χ3v) is 4.64. The third kappa shape index (κ3) is 4.28. The Morgan fingerprint density at radius 2 is 2.26 bits per heavy atom. The van der Waals surface area contributed by atoms with Crippen molar-refractivity contribution in [2.75, 3.05) is 16.8 Å². The van der Waals surface area contributed by atoms with Crippen LogP contribution in [0.4, 0.5) is 10.8 Å². The Hall–Kier alpha value is -0.950. The molecule has 3 N–H and O–H groups in total. The van der Waals surface area contributed by atoms with Gasteiger partial charge >= 0.3 is 0 Å². The van der Waals surface area contributed by atoms with Gasteiger partial charge in [0.1, 0.15) is 0 Å². The maximum absolute atomic E-state index is 11.8. The molecule has 0 unspecified atom stereocenters. The van der Waals surface area contributed by atoms with Gasteiger partial charge in [-0.1, -0.05) is 34.5 Å². The number of hydrogen-bond donors (Lipinski definition) is 2. The van der Waals surface area contributed by atoms with Crippen LogP contribution in [0.15, 0.2) is 28.6 Å². The van der Waals surface area contributed by atoms with Crippen LogP contribution in [-0.4, -0.2) is 16.6 Å². The number of nitrogens with zero attached hydrogens (tertiary/aromatic N) is 1. The minimum atomic E-state index is -0.166. The largest absolute Gasteiger partial charge is 0.375 e. The van der Waals surface area contributed by atoms with Gasteiger partial charge in [-0.25, -0.2) is 4.98 Å². The van der Waals surface area contributed by atoms with E-state index in [0.717, 1.165) is 4.21 Å². The van der Waals surface area contributed by atoms with Crippen molar-refractivity contribution < 1.29 is 4.79 Å². The Labute approximate surface area is 128 Å². The number of carbonyl (C=O) groups excluding carboxylic acids is 1. The van der Waals surface area contributed by atoms with E-state index in [-0.39, 0.29) is 11.7 Å². The average Bonchev–Trinajstić information content (AvgIpc) is 2.77. The molecule has 1 aromatic carbocycles. The molecule has 2 aromatic rings. The first-order valence-electron chi connectivity index (χ1n) is 5.13. The summed E-state index contributed by atoms with van der Waals surface area (Å²) >= 11 is 14.5. The van der Waals surface area contributed by atoms with Crippen molar-refractivity contribution in [1.29, 1.82) is 0 Å². The molecule has 1 amide bonds. The fourth-order valence-corrected chi connectivity index (χ4v) is 3.15.